The van der Waals surface area contributed by atoms with E-state index in [1.807, 2.05) is 13.8 Å². The third kappa shape index (κ3) is 4.32. The number of nitrogens with one attached hydrogen (secondary N) is 2. The molecule has 1 fully saturated rings. The van der Waals surface area contributed by atoms with Gasteiger partial charge in [-0.3, -0.25) is 4.79 Å². The number of carbonyl (C=O) groups excluding carboxylic acids is 1. The number of aromatic nitrogens is 1. The van der Waals surface area contributed by atoms with Gasteiger partial charge in [-0.05, 0) is 48.4 Å². The SMILES string of the molecule is CC(C)c1cc(Nc2ccc(F)c(F)c2)ncc1C(=O)NCC1CC1. The second-order valence-corrected chi connectivity index (χ2v) is 6.72. The van der Waals surface area contributed by atoms with E-state index >= 15 is 0 Å². The summed E-state index contributed by atoms with van der Waals surface area (Å²) < 4.78 is 26.3. The Morgan fingerprint density at radius 2 is 2.00 bits per heavy atom. The molecule has 132 valence electrons. The summed E-state index contributed by atoms with van der Waals surface area (Å²) in [5.41, 5.74) is 1.80. The van der Waals surface area contributed by atoms with Crippen molar-refractivity contribution in [2.75, 3.05) is 11.9 Å². The molecule has 1 aromatic heterocycles. The van der Waals surface area contributed by atoms with Gasteiger partial charge in [0.15, 0.2) is 11.6 Å². The highest BCUT2D eigenvalue weighted by atomic mass is 19.2. The van der Waals surface area contributed by atoms with Crippen molar-refractivity contribution in [2.24, 2.45) is 5.92 Å². The van der Waals surface area contributed by atoms with Gasteiger partial charge >= 0.3 is 0 Å². The Morgan fingerprint density at radius 3 is 2.64 bits per heavy atom. The van der Waals surface area contributed by atoms with Gasteiger partial charge in [0.05, 0.1) is 5.56 Å². The third-order valence-electron chi connectivity index (χ3n) is 4.24. The van der Waals surface area contributed by atoms with Crippen molar-refractivity contribution >= 4 is 17.4 Å². The lowest BCUT2D eigenvalue weighted by Crippen LogP contribution is -2.27. The van der Waals surface area contributed by atoms with E-state index in [2.05, 4.69) is 15.6 Å². The lowest BCUT2D eigenvalue weighted by Gasteiger charge is -2.15. The first kappa shape index (κ1) is 17.3. The van der Waals surface area contributed by atoms with Crippen LogP contribution in [0.3, 0.4) is 0 Å². The molecular weight excluding hydrogens is 324 g/mol. The highest BCUT2D eigenvalue weighted by Gasteiger charge is 2.23. The standard InChI is InChI=1S/C19H21F2N3O/c1-11(2)14-8-18(24-13-5-6-16(20)17(21)7-13)22-10-15(14)19(25)23-9-12-3-4-12/h5-8,10-12H,3-4,9H2,1-2H3,(H,22,24)(H,23,25). The lowest BCUT2D eigenvalue weighted by molar-refractivity contribution is 0.0950. The Labute approximate surface area is 145 Å². The van der Waals surface area contributed by atoms with Crippen LogP contribution in [0.15, 0.2) is 30.5 Å². The van der Waals surface area contributed by atoms with E-state index in [1.165, 1.54) is 25.1 Å². The number of rotatable bonds is 6. The molecular formula is C19H21F2N3O. The average Bonchev–Trinajstić information content (AvgIpc) is 3.40. The maximum absolute atomic E-state index is 13.3. The quantitative estimate of drug-likeness (QED) is 0.817. The molecule has 0 atom stereocenters. The van der Waals surface area contributed by atoms with E-state index in [1.54, 1.807) is 6.07 Å². The number of hydrogen-bond donors (Lipinski definition) is 2. The second kappa shape index (κ2) is 7.17. The number of nitrogens with zero attached hydrogens (tertiary/aromatic N) is 1. The van der Waals surface area contributed by atoms with Crippen molar-refractivity contribution < 1.29 is 13.6 Å². The van der Waals surface area contributed by atoms with Gasteiger partial charge in [-0.2, -0.15) is 0 Å². The van der Waals surface area contributed by atoms with Crippen LogP contribution in [-0.2, 0) is 0 Å². The van der Waals surface area contributed by atoms with E-state index in [4.69, 9.17) is 0 Å². The molecule has 1 amide bonds. The van der Waals surface area contributed by atoms with Crippen LogP contribution in [0.25, 0.3) is 0 Å². The molecule has 1 saturated carbocycles. The number of halogens is 2. The van der Waals surface area contributed by atoms with Crippen molar-refractivity contribution in [3.8, 4) is 0 Å². The third-order valence-corrected chi connectivity index (χ3v) is 4.24. The van der Waals surface area contributed by atoms with E-state index in [9.17, 15) is 13.6 Å². The summed E-state index contributed by atoms with van der Waals surface area (Å²) in [5.74, 6) is -0.742. The molecule has 1 aromatic carbocycles. The normalized spacial score (nSPS) is 13.8. The van der Waals surface area contributed by atoms with Gasteiger partial charge < -0.3 is 10.6 Å². The topological polar surface area (TPSA) is 54.0 Å². The van der Waals surface area contributed by atoms with Crippen molar-refractivity contribution in [3.63, 3.8) is 0 Å². The molecule has 0 unspecified atom stereocenters. The fourth-order valence-corrected chi connectivity index (χ4v) is 2.58. The zero-order chi connectivity index (χ0) is 18.0. The molecule has 1 aliphatic carbocycles. The fraction of sp³-hybridized carbons (Fsp3) is 0.368. The predicted molar refractivity (Wildman–Crippen MR) is 93.0 cm³/mol. The Bertz CT molecular complexity index is 788. The molecule has 6 heteroatoms. The first-order valence-electron chi connectivity index (χ1n) is 8.44. The van der Waals surface area contributed by atoms with Gasteiger partial charge in [-0.15, -0.1) is 0 Å². The van der Waals surface area contributed by atoms with Crippen molar-refractivity contribution in [1.29, 1.82) is 0 Å². The maximum atomic E-state index is 13.3. The van der Waals surface area contributed by atoms with Gasteiger partial charge in [0.1, 0.15) is 5.82 Å². The number of carbonyl (C=O) groups is 1. The Hall–Kier alpha value is -2.50. The van der Waals surface area contributed by atoms with Crippen molar-refractivity contribution in [1.82, 2.24) is 10.3 Å². The monoisotopic (exact) mass is 345 g/mol. The molecule has 2 N–H and O–H groups in total. The maximum Gasteiger partial charge on any atom is 0.253 e. The van der Waals surface area contributed by atoms with E-state index < -0.39 is 11.6 Å². The molecule has 0 spiro atoms. The zero-order valence-corrected chi connectivity index (χ0v) is 14.3. The minimum atomic E-state index is -0.926. The largest absolute Gasteiger partial charge is 0.352 e. The summed E-state index contributed by atoms with van der Waals surface area (Å²) in [6.45, 7) is 4.69. The van der Waals surface area contributed by atoms with Crippen LogP contribution in [0.1, 0.15) is 48.5 Å². The van der Waals surface area contributed by atoms with Gasteiger partial charge in [0, 0.05) is 24.5 Å². The Balaban J connectivity index is 1.79. The number of hydrogen-bond acceptors (Lipinski definition) is 3. The fourth-order valence-electron chi connectivity index (χ4n) is 2.58. The minimum Gasteiger partial charge on any atom is -0.352 e. The van der Waals surface area contributed by atoms with Crippen molar-refractivity contribution in [3.05, 3.63) is 53.2 Å². The summed E-state index contributed by atoms with van der Waals surface area (Å²) in [5, 5.41) is 5.89. The van der Waals surface area contributed by atoms with Crippen LogP contribution in [0.4, 0.5) is 20.3 Å². The van der Waals surface area contributed by atoms with E-state index in [0.29, 0.717) is 29.5 Å². The van der Waals surface area contributed by atoms with Crippen LogP contribution in [0, 0.1) is 17.6 Å². The van der Waals surface area contributed by atoms with Crippen LogP contribution in [-0.4, -0.2) is 17.4 Å². The summed E-state index contributed by atoms with van der Waals surface area (Å²) >= 11 is 0. The Morgan fingerprint density at radius 1 is 1.24 bits per heavy atom. The Kier molecular flexibility index (Phi) is 4.97. The molecule has 2 aromatic rings. The molecule has 25 heavy (non-hydrogen) atoms. The van der Waals surface area contributed by atoms with Crippen molar-refractivity contribution in [2.45, 2.75) is 32.6 Å². The number of pyridine rings is 1. The van der Waals surface area contributed by atoms with Gasteiger partial charge in [-0.1, -0.05) is 13.8 Å². The second-order valence-electron chi connectivity index (χ2n) is 6.72. The average molecular weight is 345 g/mol. The highest BCUT2D eigenvalue weighted by Crippen LogP contribution is 2.28. The summed E-state index contributed by atoms with van der Waals surface area (Å²) in [6, 6.07) is 5.34. The smallest absolute Gasteiger partial charge is 0.253 e. The van der Waals surface area contributed by atoms with Gasteiger partial charge in [0.2, 0.25) is 0 Å². The first-order chi connectivity index (χ1) is 11.9. The molecule has 0 saturated heterocycles. The zero-order valence-electron chi connectivity index (χ0n) is 14.3. The van der Waals surface area contributed by atoms with Gasteiger partial charge in [0.25, 0.3) is 5.91 Å². The number of benzene rings is 1. The number of anilines is 2. The van der Waals surface area contributed by atoms with Crippen LogP contribution >= 0.6 is 0 Å². The highest BCUT2D eigenvalue weighted by molar-refractivity contribution is 5.96. The molecule has 1 heterocycles. The van der Waals surface area contributed by atoms with E-state index in [-0.39, 0.29) is 11.8 Å². The predicted octanol–water partition coefficient (Wildman–Crippen LogP) is 4.37. The van der Waals surface area contributed by atoms with Crippen LogP contribution in [0.5, 0.6) is 0 Å². The summed E-state index contributed by atoms with van der Waals surface area (Å²) in [6.07, 6.45) is 3.87. The molecule has 1 aliphatic rings. The van der Waals surface area contributed by atoms with Gasteiger partial charge in [-0.25, -0.2) is 13.8 Å². The molecule has 0 radical (unpaired) electrons. The number of amides is 1. The first-order valence-corrected chi connectivity index (χ1v) is 8.44. The molecule has 0 bridgehead atoms. The van der Waals surface area contributed by atoms with E-state index in [0.717, 1.165) is 17.7 Å². The van der Waals surface area contributed by atoms with Crippen LogP contribution in [0.2, 0.25) is 0 Å². The minimum absolute atomic E-state index is 0.121. The van der Waals surface area contributed by atoms with Crippen LogP contribution < -0.4 is 10.6 Å². The summed E-state index contributed by atoms with van der Waals surface area (Å²) in [4.78, 5) is 16.6. The summed E-state index contributed by atoms with van der Waals surface area (Å²) in [7, 11) is 0. The molecule has 4 nitrogen and oxygen atoms in total. The molecule has 0 aliphatic heterocycles. The lowest BCUT2D eigenvalue weighted by atomic mass is 9.98. The molecule has 3 rings (SSSR count).